The van der Waals surface area contributed by atoms with Gasteiger partial charge in [-0.05, 0) is 109 Å². The van der Waals surface area contributed by atoms with Crippen LogP contribution < -0.4 is 0 Å². The minimum Gasteiger partial charge on any atom is -0.256 e. The zero-order chi connectivity index (χ0) is 41.1. The second-order valence-corrected chi connectivity index (χ2v) is 19.7. The lowest BCUT2D eigenvalue weighted by Crippen LogP contribution is -2.15. The first-order valence-corrected chi connectivity index (χ1v) is 21.4. The molecule has 12 rings (SSSR count). The van der Waals surface area contributed by atoms with Crippen LogP contribution in [0.2, 0.25) is 0 Å². The minimum atomic E-state index is -0.191. The van der Waals surface area contributed by atoms with Crippen LogP contribution in [-0.4, -0.2) is 15.0 Å². The lowest BCUT2D eigenvalue weighted by Gasteiger charge is -2.23. The highest BCUT2D eigenvalue weighted by molar-refractivity contribution is 5.89. The van der Waals surface area contributed by atoms with Crippen molar-refractivity contribution in [3.05, 3.63) is 184 Å². The van der Waals surface area contributed by atoms with Gasteiger partial charge in [0.15, 0.2) is 0 Å². The quantitative estimate of drug-likeness (QED) is 0.179. The highest BCUT2D eigenvalue weighted by Crippen LogP contribution is 2.54. The molecule has 3 aromatic heterocycles. The second-order valence-electron chi connectivity index (χ2n) is 19.7. The highest BCUT2D eigenvalue weighted by atomic mass is 14.8. The Balaban J connectivity index is 0.899. The largest absolute Gasteiger partial charge is 0.256 e. The average Bonchev–Trinajstić information content (AvgIpc) is 3.83. The molecule has 0 saturated carbocycles. The molecule has 3 nitrogen and oxygen atoms in total. The Morgan fingerprint density at radius 3 is 1.28 bits per heavy atom. The van der Waals surface area contributed by atoms with E-state index in [2.05, 4.69) is 189 Å². The van der Waals surface area contributed by atoms with E-state index in [1.807, 2.05) is 6.20 Å². The molecular formula is C57H47N3. The summed E-state index contributed by atoms with van der Waals surface area (Å²) in [6, 6.07) is 50.0. The van der Waals surface area contributed by atoms with E-state index in [-0.39, 0.29) is 21.7 Å². The monoisotopic (exact) mass is 773 g/mol. The third-order valence-electron chi connectivity index (χ3n) is 15.0. The van der Waals surface area contributed by atoms with E-state index in [1.165, 1.54) is 83.5 Å². The molecule has 0 spiro atoms. The van der Waals surface area contributed by atoms with Crippen LogP contribution in [0.1, 0.15) is 99.9 Å². The van der Waals surface area contributed by atoms with E-state index >= 15 is 0 Å². The Labute approximate surface area is 353 Å². The first-order valence-electron chi connectivity index (χ1n) is 21.4. The van der Waals surface area contributed by atoms with E-state index in [4.69, 9.17) is 15.0 Å². The van der Waals surface area contributed by atoms with E-state index < -0.39 is 0 Å². The SMILES string of the molecule is CC1(C)c2cc(-c3ccc4c(n3)-c3ccccc3C4(C)C)ccc2-c2ccc(-c3ccc4c(n3)-c3cc(-c5ccc6c(c5)-c5ncccc5C6(C)C)ccc3C4(C)C)cc21. The minimum absolute atomic E-state index is 0.0564. The standard InChI is InChI=1S/C57H47N3/c1-54(2)41-13-10-9-12-38(41)52-45(54)23-25-49(59-52)34-15-19-36-37-20-16-35(31-48(37)57(7,8)47(36)30-34)50-26-24-46-53(60-50)40-29-33(18-22-43(40)56(46,5)6)32-17-21-42-39(28-32)51-44(55(42,3)4)14-11-27-58-51/h9-31H,1-8H3. The Hall–Kier alpha value is -6.45. The first kappa shape index (κ1) is 35.5. The van der Waals surface area contributed by atoms with Crippen molar-refractivity contribution in [2.75, 3.05) is 0 Å². The van der Waals surface area contributed by atoms with Crippen LogP contribution in [0.3, 0.4) is 0 Å². The van der Waals surface area contributed by atoms with Crippen LogP contribution in [0.4, 0.5) is 0 Å². The fourth-order valence-electron chi connectivity index (χ4n) is 11.4. The molecule has 0 unspecified atom stereocenters. The molecule has 4 aliphatic carbocycles. The number of hydrogen-bond donors (Lipinski definition) is 0. The summed E-state index contributed by atoms with van der Waals surface area (Å²) in [6.45, 7) is 18.6. The van der Waals surface area contributed by atoms with Crippen molar-refractivity contribution in [3.63, 3.8) is 0 Å². The number of fused-ring (bicyclic) bond motifs is 12. The Bertz CT molecular complexity index is 3210. The van der Waals surface area contributed by atoms with Crippen LogP contribution in [0.5, 0.6) is 0 Å². The zero-order valence-electron chi connectivity index (χ0n) is 35.6. The molecule has 60 heavy (non-hydrogen) atoms. The van der Waals surface area contributed by atoms with E-state index in [0.717, 1.165) is 39.6 Å². The molecule has 5 aromatic carbocycles. The predicted octanol–water partition coefficient (Wildman–Crippen LogP) is 14.1. The van der Waals surface area contributed by atoms with Crippen molar-refractivity contribution in [2.45, 2.75) is 77.0 Å². The molecule has 0 radical (unpaired) electrons. The van der Waals surface area contributed by atoms with Crippen LogP contribution in [0.25, 0.3) is 78.5 Å². The molecule has 0 fully saturated rings. The summed E-state index contributed by atoms with van der Waals surface area (Å²) in [6.07, 6.45) is 1.92. The van der Waals surface area contributed by atoms with Crippen molar-refractivity contribution in [2.24, 2.45) is 0 Å². The number of nitrogens with zero attached hydrogens (tertiary/aromatic N) is 3. The van der Waals surface area contributed by atoms with Gasteiger partial charge in [0.2, 0.25) is 0 Å². The van der Waals surface area contributed by atoms with Gasteiger partial charge < -0.3 is 0 Å². The number of rotatable bonds is 3. The molecule has 0 amide bonds. The molecule has 8 aromatic rings. The van der Waals surface area contributed by atoms with Gasteiger partial charge >= 0.3 is 0 Å². The van der Waals surface area contributed by atoms with Gasteiger partial charge in [-0.15, -0.1) is 0 Å². The molecule has 0 aliphatic heterocycles. The molecule has 0 N–H and O–H groups in total. The summed E-state index contributed by atoms with van der Waals surface area (Å²) in [5, 5.41) is 0. The Kier molecular flexibility index (Phi) is 6.88. The molecular weight excluding hydrogens is 727 g/mol. The third-order valence-corrected chi connectivity index (χ3v) is 15.0. The van der Waals surface area contributed by atoms with Gasteiger partial charge in [-0.1, -0.05) is 146 Å². The lowest BCUT2D eigenvalue weighted by atomic mass is 9.81. The number of hydrogen-bond acceptors (Lipinski definition) is 3. The maximum absolute atomic E-state index is 5.51. The van der Waals surface area contributed by atoms with Crippen molar-refractivity contribution in [1.82, 2.24) is 15.0 Å². The van der Waals surface area contributed by atoms with Gasteiger partial charge in [0.05, 0.1) is 28.5 Å². The van der Waals surface area contributed by atoms with Gasteiger partial charge in [-0.2, -0.15) is 0 Å². The Morgan fingerprint density at radius 2 is 0.717 bits per heavy atom. The molecule has 3 heterocycles. The summed E-state index contributed by atoms with van der Waals surface area (Å²) < 4.78 is 0. The maximum Gasteiger partial charge on any atom is 0.0753 e. The summed E-state index contributed by atoms with van der Waals surface area (Å²) in [4.78, 5) is 15.7. The van der Waals surface area contributed by atoms with Gasteiger partial charge in [0.1, 0.15) is 0 Å². The van der Waals surface area contributed by atoms with Crippen LogP contribution in [-0.2, 0) is 21.7 Å². The normalized spacial score (nSPS) is 16.9. The second kappa shape index (κ2) is 11.6. The van der Waals surface area contributed by atoms with Gasteiger partial charge in [0.25, 0.3) is 0 Å². The molecule has 0 saturated heterocycles. The highest BCUT2D eigenvalue weighted by Gasteiger charge is 2.41. The molecule has 0 bridgehead atoms. The number of aromatic nitrogens is 3. The lowest BCUT2D eigenvalue weighted by molar-refractivity contribution is 0.658. The summed E-state index contributed by atoms with van der Waals surface area (Å²) in [5.41, 5.74) is 26.5. The molecule has 290 valence electrons. The topological polar surface area (TPSA) is 38.7 Å². The van der Waals surface area contributed by atoms with Crippen molar-refractivity contribution < 1.29 is 0 Å². The summed E-state index contributed by atoms with van der Waals surface area (Å²) in [7, 11) is 0. The zero-order valence-corrected chi connectivity index (χ0v) is 35.6. The average molecular weight is 774 g/mol. The molecule has 0 atom stereocenters. The van der Waals surface area contributed by atoms with Gasteiger partial charge in [-0.25, -0.2) is 9.97 Å². The van der Waals surface area contributed by atoms with E-state index in [9.17, 15) is 0 Å². The summed E-state index contributed by atoms with van der Waals surface area (Å²) in [5.74, 6) is 0. The first-order chi connectivity index (χ1) is 28.7. The van der Waals surface area contributed by atoms with Crippen LogP contribution >= 0.6 is 0 Å². The number of pyridine rings is 3. The fourth-order valence-corrected chi connectivity index (χ4v) is 11.4. The molecule has 4 aliphatic rings. The van der Waals surface area contributed by atoms with Gasteiger partial charge in [0, 0.05) is 55.7 Å². The summed E-state index contributed by atoms with van der Waals surface area (Å²) >= 11 is 0. The van der Waals surface area contributed by atoms with Crippen molar-refractivity contribution in [1.29, 1.82) is 0 Å². The Morgan fingerprint density at radius 1 is 0.300 bits per heavy atom. The van der Waals surface area contributed by atoms with Crippen LogP contribution in [0, 0.1) is 0 Å². The van der Waals surface area contributed by atoms with Gasteiger partial charge in [-0.3, -0.25) is 4.98 Å². The van der Waals surface area contributed by atoms with Crippen LogP contribution in [0.15, 0.2) is 140 Å². The number of benzene rings is 5. The van der Waals surface area contributed by atoms with Crippen molar-refractivity contribution in [3.8, 4) is 78.5 Å². The van der Waals surface area contributed by atoms with E-state index in [0.29, 0.717) is 0 Å². The smallest absolute Gasteiger partial charge is 0.0753 e. The predicted molar refractivity (Wildman–Crippen MR) is 246 cm³/mol. The van der Waals surface area contributed by atoms with Crippen molar-refractivity contribution >= 4 is 0 Å². The fraction of sp³-hybridized carbons (Fsp3) is 0.211. The maximum atomic E-state index is 5.51. The third kappa shape index (κ3) is 4.58. The van der Waals surface area contributed by atoms with E-state index in [1.54, 1.807) is 0 Å². The molecule has 3 heteroatoms.